The van der Waals surface area contributed by atoms with E-state index < -0.39 is 6.10 Å². The van der Waals surface area contributed by atoms with Crippen LogP contribution in [0.15, 0.2) is 0 Å². The molecule has 3 N–H and O–H groups in total. The second kappa shape index (κ2) is 8.47. The van der Waals surface area contributed by atoms with E-state index in [1.807, 2.05) is 13.8 Å². The van der Waals surface area contributed by atoms with Crippen LogP contribution in [0, 0.1) is 0 Å². The molecular formula is C13H27N3O3. The van der Waals surface area contributed by atoms with Crippen LogP contribution in [0.4, 0.5) is 0 Å². The van der Waals surface area contributed by atoms with E-state index in [-0.39, 0.29) is 18.0 Å². The number of carbonyl (C=O) groups excluding carboxylic acids is 1. The molecule has 1 aliphatic heterocycles. The second-order valence-electron chi connectivity index (χ2n) is 5.36. The van der Waals surface area contributed by atoms with Crippen LogP contribution in [-0.4, -0.2) is 73.5 Å². The van der Waals surface area contributed by atoms with Crippen LogP contribution < -0.4 is 10.6 Å². The molecule has 1 heterocycles. The third kappa shape index (κ3) is 6.87. The van der Waals surface area contributed by atoms with E-state index in [9.17, 15) is 9.90 Å². The van der Waals surface area contributed by atoms with Gasteiger partial charge < -0.3 is 20.5 Å². The van der Waals surface area contributed by atoms with Crippen LogP contribution in [0.5, 0.6) is 0 Å². The van der Waals surface area contributed by atoms with E-state index in [1.54, 1.807) is 6.92 Å². The molecule has 1 fully saturated rings. The van der Waals surface area contributed by atoms with Crippen molar-refractivity contribution in [3.63, 3.8) is 0 Å². The summed E-state index contributed by atoms with van der Waals surface area (Å²) in [6.07, 6.45) is -0.465. The molecule has 0 aromatic heterocycles. The van der Waals surface area contributed by atoms with Gasteiger partial charge in [-0.1, -0.05) is 0 Å². The lowest BCUT2D eigenvalue weighted by atomic mass is 10.2. The Hall–Kier alpha value is -0.690. The minimum absolute atomic E-state index is 0.0337. The highest BCUT2D eigenvalue weighted by Gasteiger charge is 2.17. The van der Waals surface area contributed by atoms with Crippen LogP contribution in [0.25, 0.3) is 0 Å². The number of aliphatic hydroxyl groups excluding tert-OH is 1. The van der Waals surface area contributed by atoms with Gasteiger partial charge in [-0.2, -0.15) is 0 Å². The summed E-state index contributed by atoms with van der Waals surface area (Å²) in [6, 6.07) is -0.156. The maximum Gasteiger partial charge on any atom is 0.237 e. The minimum Gasteiger partial charge on any atom is -0.390 e. The molecule has 0 aromatic rings. The molecule has 1 rings (SSSR count). The highest BCUT2D eigenvalue weighted by molar-refractivity contribution is 5.81. The Bertz CT molecular complexity index is 268. The van der Waals surface area contributed by atoms with Crippen LogP contribution in [-0.2, 0) is 9.53 Å². The van der Waals surface area contributed by atoms with Crippen molar-refractivity contribution < 1.29 is 14.6 Å². The molecule has 0 saturated carbocycles. The molecule has 2 unspecified atom stereocenters. The molecular weight excluding hydrogens is 246 g/mol. The number of hydrogen-bond acceptors (Lipinski definition) is 5. The fourth-order valence-electron chi connectivity index (χ4n) is 1.96. The van der Waals surface area contributed by atoms with Gasteiger partial charge in [0, 0.05) is 32.2 Å². The van der Waals surface area contributed by atoms with E-state index in [0.717, 1.165) is 26.3 Å². The number of nitrogens with one attached hydrogen (secondary N) is 2. The molecule has 1 saturated heterocycles. The zero-order valence-electron chi connectivity index (χ0n) is 12.2. The zero-order chi connectivity index (χ0) is 14.3. The van der Waals surface area contributed by atoms with Gasteiger partial charge in [-0.3, -0.25) is 9.69 Å². The lowest BCUT2D eigenvalue weighted by molar-refractivity contribution is -0.123. The Labute approximate surface area is 115 Å². The van der Waals surface area contributed by atoms with Crippen molar-refractivity contribution in [2.75, 3.05) is 39.4 Å². The van der Waals surface area contributed by atoms with Gasteiger partial charge in [0.05, 0.1) is 25.4 Å². The summed E-state index contributed by atoms with van der Waals surface area (Å²) in [6.45, 7) is 9.88. The average molecular weight is 273 g/mol. The fourth-order valence-corrected chi connectivity index (χ4v) is 1.96. The zero-order valence-corrected chi connectivity index (χ0v) is 12.2. The van der Waals surface area contributed by atoms with E-state index in [1.165, 1.54) is 0 Å². The smallest absolute Gasteiger partial charge is 0.237 e. The molecule has 1 aliphatic rings. The highest BCUT2D eigenvalue weighted by Crippen LogP contribution is 1.98. The van der Waals surface area contributed by atoms with Gasteiger partial charge in [-0.15, -0.1) is 0 Å². The third-order valence-electron chi connectivity index (χ3n) is 3.06. The normalized spacial score (nSPS) is 20.3. The van der Waals surface area contributed by atoms with Crippen molar-refractivity contribution in [2.45, 2.75) is 39.0 Å². The number of hydrogen-bond donors (Lipinski definition) is 3. The Morgan fingerprint density at radius 2 is 1.95 bits per heavy atom. The van der Waals surface area contributed by atoms with Gasteiger partial charge >= 0.3 is 0 Å². The molecule has 6 heteroatoms. The van der Waals surface area contributed by atoms with E-state index in [2.05, 4.69) is 15.5 Å². The predicted molar refractivity (Wildman–Crippen MR) is 74.0 cm³/mol. The fraction of sp³-hybridized carbons (Fsp3) is 0.923. The summed E-state index contributed by atoms with van der Waals surface area (Å²) >= 11 is 0. The van der Waals surface area contributed by atoms with Gasteiger partial charge in [-0.25, -0.2) is 0 Å². The molecule has 0 aromatic carbocycles. The predicted octanol–water partition coefficient (Wildman–Crippen LogP) is -0.818. The molecule has 0 spiro atoms. The van der Waals surface area contributed by atoms with Crippen molar-refractivity contribution >= 4 is 5.91 Å². The molecule has 112 valence electrons. The Morgan fingerprint density at radius 3 is 2.53 bits per heavy atom. The standard InChI is InChI=1S/C13H27N3O3/c1-10(2)15-13(18)11(3)14-8-12(17)9-16-4-6-19-7-5-16/h10-12,14,17H,4-9H2,1-3H3,(H,15,18). The summed E-state index contributed by atoms with van der Waals surface area (Å²) in [5.41, 5.74) is 0. The van der Waals surface area contributed by atoms with Gasteiger partial charge in [-0.05, 0) is 20.8 Å². The van der Waals surface area contributed by atoms with Crippen LogP contribution >= 0.6 is 0 Å². The van der Waals surface area contributed by atoms with Crippen molar-refractivity contribution in [1.29, 1.82) is 0 Å². The van der Waals surface area contributed by atoms with Gasteiger partial charge in [0.2, 0.25) is 5.91 Å². The van der Waals surface area contributed by atoms with Crippen molar-refractivity contribution in [3.8, 4) is 0 Å². The molecule has 0 aliphatic carbocycles. The Balaban J connectivity index is 2.17. The van der Waals surface area contributed by atoms with Gasteiger partial charge in [0.15, 0.2) is 0 Å². The number of amides is 1. The van der Waals surface area contributed by atoms with E-state index in [0.29, 0.717) is 13.1 Å². The summed E-state index contributed by atoms with van der Waals surface area (Å²) < 4.78 is 5.26. The van der Waals surface area contributed by atoms with Gasteiger partial charge in [0.1, 0.15) is 0 Å². The summed E-state index contributed by atoms with van der Waals surface area (Å²) in [5, 5.41) is 15.8. The lowest BCUT2D eigenvalue weighted by Gasteiger charge is -2.29. The summed E-state index contributed by atoms with van der Waals surface area (Å²) in [5.74, 6) is -0.0337. The van der Waals surface area contributed by atoms with Crippen LogP contribution in [0.1, 0.15) is 20.8 Å². The highest BCUT2D eigenvalue weighted by atomic mass is 16.5. The maximum absolute atomic E-state index is 11.7. The average Bonchev–Trinajstić information content (AvgIpc) is 2.36. The molecule has 19 heavy (non-hydrogen) atoms. The topological polar surface area (TPSA) is 73.8 Å². The third-order valence-corrected chi connectivity index (χ3v) is 3.06. The first-order valence-corrected chi connectivity index (χ1v) is 7.01. The number of ether oxygens (including phenoxy) is 1. The SMILES string of the molecule is CC(C)NC(=O)C(C)NCC(O)CN1CCOCC1. The van der Waals surface area contributed by atoms with Crippen LogP contribution in [0.2, 0.25) is 0 Å². The first-order valence-electron chi connectivity index (χ1n) is 7.01. The number of carbonyl (C=O) groups is 1. The van der Waals surface area contributed by atoms with Crippen LogP contribution in [0.3, 0.4) is 0 Å². The summed E-state index contributed by atoms with van der Waals surface area (Å²) in [4.78, 5) is 13.8. The van der Waals surface area contributed by atoms with E-state index in [4.69, 9.17) is 4.74 Å². The minimum atomic E-state index is -0.465. The molecule has 0 radical (unpaired) electrons. The molecule has 6 nitrogen and oxygen atoms in total. The first-order chi connectivity index (χ1) is 8.99. The quantitative estimate of drug-likeness (QED) is 0.565. The first kappa shape index (κ1) is 16.4. The number of β-amino-alcohol motifs (C(OH)–C–C–N with tert-alkyl or cyclic N) is 1. The number of morpholine rings is 1. The number of rotatable bonds is 7. The van der Waals surface area contributed by atoms with Gasteiger partial charge in [0.25, 0.3) is 0 Å². The van der Waals surface area contributed by atoms with Crippen molar-refractivity contribution in [1.82, 2.24) is 15.5 Å². The molecule has 1 amide bonds. The second-order valence-corrected chi connectivity index (χ2v) is 5.36. The van der Waals surface area contributed by atoms with E-state index >= 15 is 0 Å². The maximum atomic E-state index is 11.7. The Kier molecular flexibility index (Phi) is 7.30. The lowest BCUT2D eigenvalue weighted by Crippen LogP contribution is -2.49. The largest absolute Gasteiger partial charge is 0.390 e. The number of aliphatic hydroxyl groups is 1. The molecule has 2 atom stereocenters. The Morgan fingerprint density at radius 1 is 1.32 bits per heavy atom. The number of nitrogens with zero attached hydrogens (tertiary/aromatic N) is 1. The van der Waals surface area contributed by atoms with Crippen molar-refractivity contribution in [3.05, 3.63) is 0 Å². The molecule has 0 bridgehead atoms. The van der Waals surface area contributed by atoms with Crippen molar-refractivity contribution in [2.24, 2.45) is 0 Å². The summed E-state index contributed by atoms with van der Waals surface area (Å²) in [7, 11) is 0. The monoisotopic (exact) mass is 273 g/mol.